The second-order valence-electron chi connectivity index (χ2n) is 5.14. The van der Waals surface area contributed by atoms with Gasteiger partial charge in [-0.05, 0) is 53.2 Å². The van der Waals surface area contributed by atoms with Crippen LogP contribution in [0.1, 0.15) is 23.1 Å². The first-order valence-electron chi connectivity index (χ1n) is 7.35. The molecular weight excluding hydrogens is 386 g/mol. The molecular formula is C17H14BrN5O2. The van der Waals surface area contributed by atoms with Crippen LogP contribution in [0.4, 0.5) is 5.69 Å². The molecule has 0 aliphatic carbocycles. The average Bonchev–Trinajstić information content (AvgIpc) is 3.11. The van der Waals surface area contributed by atoms with Gasteiger partial charge in [0.1, 0.15) is 12.0 Å². The van der Waals surface area contributed by atoms with Gasteiger partial charge >= 0.3 is 5.97 Å². The minimum absolute atomic E-state index is 0.158. The lowest BCUT2D eigenvalue weighted by molar-refractivity contribution is 0.0696. The summed E-state index contributed by atoms with van der Waals surface area (Å²) in [5.74, 6) is -0.422. The van der Waals surface area contributed by atoms with Crippen LogP contribution in [0, 0.1) is 0 Å². The average molecular weight is 400 g/mol. The van der Waals surface area contributed by atoms with E-state index in [2.05, 4.69) is 36.5 Å². The summed E-state index contributed by atoms with van der Waals surface area (Å²) < 4.78 is 2.19. The predicted molar refractivity (Wildman–Crippen MR) is 98.3 cm³/mol. The van der Waals surface area contributed by atoms with Crippen molar-refractivity contribution < 1.29 is 9.90 Å². The number of carboxylic acid groups (broad SMARTS) is 1. The summed E-state index contributed by atoms with van der Waals surface area (Å²) in [6.07, 6.45) is 1.46. The number of hydrazone groups is 1. The lowest BCUT2D eigenvalue weighted by Crippen LogP contribution is -2.10. The molecule has 8 heteroatoms. The number of aromatic carboxylic acids is 1. The zero-order valence-corrected chi connectivity index (χ0v) is 14.8. The fourth-order valence-corrected chi connectivity index (χ4v) is 2.62. The molecule has 0 aliphatic rings. The molecule has 2 N–H and O–H groups in total. The Bertz CT molecular complexity index is 937. The molecule has 3 aromatic rings. The van der Waals surface area contributed by atoms with Crippen molar-refractivity contribution in [1.82, 2.24) is 14.8 Å². The number of rotatable bonds is 5. The largest absolute Gasteiger partial charge is 0.478 e. The van der Waals surface area contributed by atoms with Crippen molar-refractivity contribution in [3.63, 3.8) is 0 Å². The molecule has 2 aromatic carbocycles. The van der Waals surface area contributed by atoms with Crippen LogP contribution in [0.25, 0.3) is 5.69 Å². The van der Waals surface area contributed by atoms with Gasteiger partial charge in [-0.15, -0.1) is 0 Å². The fraction of sp³-hybridized carbons (Fsp3) is 0.0588. The number of carbonyl (C=O) groups is 1. The number of nitrogens with zero attached hydrogens (tertiary/aromatic N) is 4. The van der Waals surface area contributed by atoms with Gasteiger partial charge in [-0.1, -0.05) is 18.2 Å². The van der Waals surface area contributed by atoms with E-state index in [1.54, 1.807) is 23.7 Å². The predicted octanol–water partition coefficient (Wildman–Crippen LogP) is 3.56. The van der Waals surface area contributed by atoms with E-state index in [9.17, 15) is 4.79 Å². The van der Waals surface area contributed by atoms with Crippen molar-refractivity contribution in [1.29, 1.82) is 0 Å². The highest BCUT2D eigenvalue weighted by atomic mass is 79.9. The van der Waals surface area contributed by atoms with Crippen molar-refractivity contribution in [3.8, 4) is 5.69 Å². The maximum absolute atomic E-state index is 11.2. The van der Waals surface area contributed by atoms with E-state index in [1.165, 1.54) is 12.4 Å². The summed E-state index contributed by atoms with van der Waals surface area (Å²) in [5.41, 5.74) is 5.06. The number of aromatic nitrogens is 3. The fourth-order valence-electron chi connectivity index (χ4n) is 2.20. The normalized spacial score (nSPS) is 11.4. The molecule has 1 heterocycles. The molecule has 0 aliphatic heterocycles. The number of hydrogen-bond acceptors (Lipinski definition) is 5. The third-order valence-corrected chi connectivity index (χ3v) is 4.11. The van der Waals surface area contributed by atoms with Gasteiger partial charge in [0.2, 0.25) is 0 Å². The van der Waals surface area contributed by atoms with E-state index in [0.29, 0.717) is 21.7 Å². The van der Waals surface area contributed by atoms with Crippen molar-refractivity contribution in [2.24, 2.45) is 5.10 Å². The van der Waals surface area contributed by atoms with Gasteiger partial charge in [-0.2, -0.15) is 10.2 Å². The molecule has 0 unspecified atom stereocenters. The smallest absolute Gasteiger partial charge is 0.336 e. The Morgan fingerprint density at radius 2 is 2.00 bits per heavy atom. The zero-order valence-electron chi connectivity index (χ0n) is 13.2. The minimum atomic E-state index is -1.01. The molecule has 0 fully saturated rings. The first-order valence-corrected chi connectivity index (χ1v) is 8.14. The van der Waals surface area contributed by atoms with E-state index < -0.39 is 5.97 Å². The van der Waals surface area contributed by atoms with Crippen LogP contribution in [0.5, 0.6) is 0 Å². The number of carboxylic acids is 1. The van der Waals surface area contributed by atoms with Crippen LogP contribution in [-0.2, 0) is 0 Å². The Hall–Kier alpha value is -3.00. The Labute approximate surface area is 152 Å². The van der Waals surface area contributed by atoms with Crippen LogP contribution in [-0.4, -0.2) is 31.6 Å². The van der Waals surface area contributed by atoms with E-state index >= 15 is 0 Å². The Balaban J connectivity index is 1.85. The molecule has 25 heavy (non-hydrogen) atoms. The van der Waals surface area contributed by atoms with Crippen molar-refractivity contribution in [2.75, 3.05) is 5.43 Å². The van der Waals surface area contributed by atoms with Gasteiger partial charge in [-0.25, -0.2) is 14.5 Å². The summed E-state index contributed by atoms with van der Waals surface area (Å²) in [5, 5.41) is 17.7. The molecule has 0 saturated heterocycles. The number of halogens is 1. The van der Waals surface area contributed by atoms with Crippen LogP contribution >= 0.6 is 15.9 Å². The topological polar surface area (TPSA) is 92.4 Å². The van der Waals surface area contributed by atoms with Crippen LogP contribution in [0.3, 0.4) is 0 Å². The molecule has 1 aromatic heterocycles. The molecule has 0 atom stereocenters. The van der Waals surface area contributed by atoms with E-state index in [-0.39, 0.29) is 5.56 Å². The molecule has 0 bridgehead atoms. The van der Waals surface area contributed by atoms with Crippen molar-refractivity contribution in [3.05, 3.63) is 70.7 Å². The number of hydrogen-bond donors (Lipinski definition) is 2. The van der Waals surface area contributed by atoms with Gasteiger partial charge in [0.05, 0.1) is 16.9 Å². The van der Waals surface area contributed by atoms with Crippen molar-refractivity contribution >= 4 is 33.3 Å². The lowest BCUT2D eigenvalue weighted by atomic mass is 10.2. The zero-order chi connectivity index (χ0) is 17.8. The Kier molecular flexibility index (Phi) is 4.90. The molecule has 0 radical (unpaired) electrons. The van der Waals surface area contributed by atoms with Gasteiger partial charge < -0.3 is 5.11 Å². The van der Waals surface area contributed by atoms with Gasteiger partial charge in [0, 0.05) is 4.47 Å². The van der Waals surface area contributed by atoms with E-state index in [1.807, 2.05) is 30.3 Å². The third-order valence-electron chi connectivity index (χ3n) is 3.42. The summed E-state index contributed by atoms with van der Waals surface area (Å²) >= 11 is 3.21. The molecule has 0 amide bonds. The highest BCUT2D eigenvalue weighted by molar-refractivity contribution is 9.10. The number of benzene rings is 2. The maximum atomic E-state index is 11.2. The maximum Gasteiger partial charge on any atom is 0.336 e. The Morgan fingerprint density at radius 1 is 1.24 bits per heavy atom. The van der Waals surface area contributed by atoms with E-state index in [0.717, 1.165) is 5.69 Å². The number of nitrogens with one attached hydrogen (secondary N) is 1. The molecule has 0 saturated carbocycles. The summed E-state index contributed by atoms with van der Waals surface area (Å²) in [4.78, 5) is 15.4. The quantitative estimate of drug-likeness (QED) is 0.505. The van der Waals surface area contributed by atoms with Crippen LogP contribution < -0.4 is 5.43 Å². The van der Waals surface area contributed by atoms with Crippen LogP contribution in [0.2, 0.25) is 0 Å². The highest BCUT2D eigenvalue weighted by Gasteiger charge is 2.11. The monoisotopic (exact) mass is 399 g/mol. The first kappa shape index (κ1) is 16.8. The van der Waals surface area contributed by atoms with Crippen molar-refractivity contribution in [2.45, 2.75) is 6.92 Å². The second-order valence-corrected chi connectivity index (χ2v) is 5.99. The minimum Gasteiger partial charge on any atom is -0.478 e. The molecule has 7 nitrogen and oxygen atoms in total. The van der Waals surface area contributed by atoms with Gasteiger partial charge in [0.15, 0.2) is 5.82 Å². The number of anilines is 1. The Morgan fingerprint density at radius 3 is 2.72 bits per heavy atom. The van der Waals surface area contributed by atoms with Gasteiger partial charge in [0.25, 0.3) is 0 Å². The van der Waals surface area contributed by atoms with Gasteiger partial charge in [-0.3, -0.25) is 5.43 Å². The number of para-hydroxylation sites is 1. The molecule has 126 valence electrons. The second kappa shape index (κ2) is 7.27. The molecule has 3 rings (SSSR count). The first-order chi connectivity index (χ1) is 12.1. The standard InChI is InChI=1S/C17H14BrN5O2/c1-11(16-19-10-20-23(16)13-5-3-2-4-6-13)21-22-12-7-8-15(18)14(9-12)17(24)25/h2-10,22H,1H3,(H,24,25)/b21-11+. The lowest BCUT2D eigenvalue weighted by Gasteiger charge is -2.07. The molecule has 0 spiro atoms. The van der Waals surface area contributed by atoms with Crippen LogP contribution in [0.15, 0.2) is 64.4 Å². The van der Waals surface area contributed by atoms with E-state index in [4.69, 9.17) is 5.11 Å². The summed E-state index contributed by atoms with van der Waals surface area (Å²) in [7, 11) is 0. The third kappa shape index (κ3) is 3.74. The highest BCUT2D eigenvalue weighted by Crippen LogP contribution is 2.21. The summed E-state index contributed by atoms with van der Waals surface area (Å²) in [6, 6.07) is 14.5. The SMILES string of the molecule is C/C(=N\Nc1ccc(Br)c(C(=O)O)c1)c1ncnn1-c1ccccc1. The summed E-state index contributed by atoms with van der Waals surface area (Å²) in [6.45, 7) is 1.80.